The quantitative estimate of drug-likeness (QED) is 0.718. The molecule has 0 saturated carbocycles. The van der Waals surface area contributed by atoms with Crippen molar-refractivity contribution in [1.82, 2.24) is 4.90 Å². The molecule has 1 heterocycles. The summed E-state index contributed by atoms with van der Waals surface area (Å²) >= 11 is 1.30. The maximum atomic E-state index is 12.9. The fourth-order valence-corrected chi connectivity index (χ4v) is 3.97. The van der Waals surface area contributed by atoms with Crippen LogP contribution >= 0.6 is 11.8 Å². The van der Waals surface area contributed by atoms with Crippen molar-refractivity contribution in [3.05, 3.63) is 54.6 Å². The van der Waals surface area contributed by atoms with Crippen LogP contribution in [0.3, 0.4) is 0 Å². The zero-order valence-corrected chi connectivity index (χ0v) is 17.1. The molecule has 2 aromatic carbocycles. The van der Waals surface area contributed by atoms with Gasteiger partial charge in [0.05, 0.1) is 25.9 Å². The van der Waals surface area contributed by atoms with E-state index in [0.29, 0.717) is 29.7 Å². The van der Waals surface area contributed by atoms with E-state index in [4.69, 9.17) is 9.47 Å². The van der Waals surface area contributed by atoms with Gasteiger partial charge in [0.2, 0.25) is 11.8 Å². The van der Waals surface area contributed by atoms with Crippen LogP contribution in [0, 0.1) is 0 Å². The topological polar surface area (TPSA) is 80.2 Å². The number of hydrogen-bond donors (Lipinski definition) is 1. The van der Waals surface area contributed by atoms with E-state index in [1.165, 1.54) is 11.8 Å². The summed E-state index contributed by atoms with van der Waals surface area (Å²) < 4.78 is 10.3. The fourth-order valence-electron chi connectivity index (χ4n) is 2.78. The van der Waals surface area contributed by atoms with Crippen molar-refractivity contribution < 1.29 is 19.1 Å². The van der Waals surface area contributed by atoms with Gasteiger partial charge in [-0.1, -0.05) is 30.0 Å². The number of nitrogens with one attached hydrogen (secondary N) is 1. The van der Waals surface area contributed by atoms with E-state index in [1.54, 1.807) is 19.1 Å². The van der Waals surface area contributed by atoms with E-state index in [-0.39, 0.29) is 18.2 Å². The van der Waals surface area contributed by atoms with Gasteiger partial charge in [0.15, 0.2) is 5.17 Å². The lowest BCUT2D eigenvalue weighted by molar-refractivity contribution is -0.128. The maximum Gasteiger partial charge on any atom is 0.242 e. The molecular weight excluding hydrogens is 390 g/mol. The minimum absolute atomic E-state index is 0.0729. The molecule has 2 aromatic rings. The molecule has 0 bridgehead atoms. The minimum Gasteiger partial charge on any atom is -0.497 e. The van der Waals surface area contributed by atoms with Crippen LogP contribution in [-0.2, 0) is 14.3 Å². The molecule has 29 heavy (non-hydrogen) atoms. The second-order valence-corrected chi connectivity index (χ2v) is 7.47. The largest absolute Gasteiger partial charge is 0.497 e. The van der Waals surface area contributed by atoms with Crippen LogP contribution < -0.4 is 10.1 Å². The van der Waals surface area contributed by atoms with Gasteiger partial charge in [-0.3, -0.25) is 14.5 Å². The number of aliphatic imine (C=N–C) groups is 1. The predicted octanol–water partition coefficient (Wildman–Crippen LogP) is 3.30. The lowest BCUT2D eigenvalue weighted by atomic mass is 10.2. The smallest absolute Gasteiger partial charge is 0.242 e. The lowest BCUT2D eigenvalue weighted by Crippen LogP contribution is -2.35. The highest BCUT2D eigenvalue weighted by atomic mass is 32.2. The summed E-state index contributed by atoms with van der Waals surface area (Å²) in [6.45, 7) is 0.769. The molecule has 0 unspecified atom stereocenters. The number of carbonyl (C=O) groups is 2. The van der Waals surface area contributed by atoms with Crippen molar-refractivity contribution in [3.63, 3.8) is 0 Å². The lowest BCUT2D eigenvalue weighted by Gasteiger charge is -2.15. The SMILES string of the molecule is COCCN1C(=O)[C@H](CC(=O)Nc2ccccc2)SC1=Nc1ccc(OC)cc1. The van der Waals surface area contributed by atoms with Crippen LogP contribution in [0.1, 0.15) is 6.42 Å². The van der Waals surface area contributed by atoms with Crippen molar-refractivity contribution >= 4 is 40.1 Å². The third kappa shape index (κ3) is 5.58. The van der Waals surface area contributed by atoms with E-state index in [2.05, 4.69) is 10.3 Å². The Bertz CT molecular complexity index is 871. The third-order valence-corrected chi connectivity index (χ3v) is 5.44. The first-order valence-electron chi connectivity index (χ1n) is 9.15. The van der Waals surface area contributed by atoms with Crippen molar-refractivity contribution in [2.75, 3.05) is 32.7 Å². The summed E-state index contributed by atoms with van der Waals surface area (Å²) in [5.74, 6) is 0.387. The number of carbonyl (C=O) groups excluding carboxylic acids is 2. The monoisotopic (exact) mass is 413 g/mol. The Kier molecular flexibility index (Phi) is 7.26. The van der Waals surface area contributed by atoms with Gasteiger partial charge in [-0.15, -0.1) is 0 Å². The summed E-state index contributed by atoms with van der Waals surface area (Å²) in [4.78, 5) is 31.4. The van der Waals surface area contributed by atoms with E-state index >= 15 is 0 Å². The summed E-state index contributed by atoms with van der Waals surface area (Å²) in [6.07, 6.45) is 0.0729. The molecule has 0 aromatic heterocycles. The first-order valence-corrected chi connectivity index (χ1v) is 10.0. The average Bonchev–Trinajstić information content (AvgIpc) is 3.01. The van der Waals surface area contributed by atoms with Crippen LogP contribution in [-0.4, -0.2) is 54.5 Å². The second-order valence-electron chi connectivity index (χ2n) is 6.30. The number of anilines is 1. The standard InChI is InChI=1S/C21H23N3O4S/c1-27-13-12-24-20(26)18(14-19(25)22-15-6-4-3-5-7-15)29-21(24)23-16-8-10-17(28-2)11-9-16/h3-11,18H,12-14H2,1-2H3,(H,22,25)/t18-/m0/s1. The van der Waals surface area contributed by atoms with E-state index in [9.17, 15) is 9.59 Å². The normalized spacial score (nSPS) is 17.6. The number of rotatable bonds is 8. The Balaban J connectivity index is 1.73. The van der Waals surface area contributed by atoms with Crippen LogP contribution in [0.25, 0.3) is 0 Å². The molecule has 1 aliphatic rings. The molecule has 0 aliphatic carbocycles. The highest BCUT2D eigenvalue weighted by molar-refractivity contribution is 8.15. The zero-order chi connectivity index (χ0) is 20.6. The molecule has 1 saturated heterocycles. The van der Waals surface area contributed by atoms with Gasteiger partial charge < -0.3 is 14.8 Å². The average molecular weight is 413 g/mol. The van der Waals surface area contributed by atoms with E-state index in [1.807, 2.05) is 54.6 Å². The molecule has 1 fully saturated rings. The van der Waals surface area contributed by atoms with Gasteiger partial charge in [0.25, 0.3) is 0 Å². The molecule has 1 aliphatic heterocycles. The Hall–Kier alpha value is -2.84. The first kappa shape index (κ1) is 20.9. The number of amidine groups is 1. The number of hydrogen-bond acceptors (Lipinski definition) is 6. The molecule has 8 heteroatoms. The molecule has 152 valence electrons. The summed E-state index contributed by atoms with van der Waals surface area (Å²) in [5, 5.41) is 2.87. The molecule has 1 atom stereocenters. The Morgan fingerprint density at radius 3 is 2.52 bits per heavy atom. The third-order valence-electron chi connectivity index (χ3n) is 4.26. The number of thioether (sulfide) groups is 1. The predicted molar refractivity (Wildman–Crippen MR) is 115 cm³/mol. The number of benzene rings is 2. The van der Waals surface area contributed by atoms with Gasteiger partial charge in [-0.25, -0.2) is 4.99 Å². The highest BCUT2D eigenvalue weighted by Gasteiger charge is 2.39. The minimum atomic E-state index is -0.521. The summed E-state index contributed by atoms with van der Waals surface area (Å²) in [6, 6.07) is 16.4. The molecule has 0 spiro atoms. The fraction of sp³-hybridized carbons (Fsp3) is 0.286. The first-order chi connectivity index (χ1) is 14.1. The van der Waals surface area contributed by atoms with Gasteiger partial charge in [0.1, 0.15) is 11.0 Å². The van der Waals surface area contributed by atoms with E-state index < -0.39 is 5.25 Å². The summed E-state index contributed by atoms with van der Waals surface area (Å²) in [5.41, 5.74) is 1.41. The molecular formula is C21H23N3O4S. The number of ether oxygens (including phenoxy) is 2. The number of amides is 2. The zero-order valence-electron chi connectivity index (χ0n) is 16.3. The van der Waals surface area contributed by atoms with Gasteiger partial charge >= 0.3 is 0 Å². The summed E-state index contributed by atoms with van der Waals surface area (Å²) in [7, 11) is 3.18. The molecule has 1 N–H and O–H groups in total. The molecule has 7 nitrogen and oxygen atoms in total. The van der Waals surface area contributed by atoms with Crippen LogP contribution in [0.5, 0.6) is 5.75 Å². The van der Waals surface area contributed by atoms with Gasteiger partial charge in [-0.2, -0.15) is 0 Å². The van der Waals surface area contributed by atoms with Gasteiger partial charge in [0, 0.05) is 19.2 Å². The van der Waals surface area contributed by atoms with Crippen molar-refractivity contribution in [3.8, 4) is 5.75 Å². The van der Waals surface area contributed by atoms with Crippen molar-refractivity contribution in [2.45, 2.75) is 11.7 Å². The highest BCUT2D eigenvalue weighted by Crippen LogP contribution is 2.32. The molecule has 0 radical (unpaired) electrons. The van der Waals surface area contributed by atoms with Crippen LogP contribution in [0.2, 0.25) is 0 Å². The molecule has 2 amide bonds. The van der Waals surface area contributed by atoms with Crippen LogP contribution in [0.15, 0.2) is 59.6 Å². The van der Waals surface area contributed by atoms with E-state index in [0.717, 1.165) is 5.75 Å². The maximum absolute atomic E-state index is 12.9. The van der Waals surface area contributed by atoms with Crippen LogP contribution in [0.4, 0.5) is 11.4 Å². The number of nitrogens with zero attached hydrogens (tertiary/aromatic N) is 2. The number of methoxy groups -OCH3 is 2. The second kappa shape index (κ2) is 10.1. The molecule has 3 rings (SSSR count). The number of para-hydroxylation sites is 1. The Morgan fingerprint density at radius 1 is 1.14 bits per heavy atom. The Morgan fingerprint density at radius 2 is 1.86 bits per heavy atom. The van der Waals surface area contributed by atoms with Crippen molar-refractivity contribution in [2.24, 2.45) is 4.99 Å². The van der Waals surface area contributed by atoms with Crippen molar-refractivity contribution in [1.29, 1.82) is 0 Å². The Labute approximate surface area is 174 Å². The van der Waals surface area contributed by atoms with Gasteiger partial charge in [-0.05, 0) is 36.4 Å².